The molecular formula is C15H15N5O. The van der Waals surface area contributed by atoms with Crippen LogP contribution in [0.2, 0.25) is 0 Å². The predicted octanol–water partition coefficient (Wildman–Crippen LogP) is 2.29. The van der Waals surface area contributed by atoms with E-state index in [-0.39, 0.29) is 11.6 Å². The number of carbonyl (C=O) groups excluding carboxylic acids is 1. The third-order valence-corrected chi connectivity index (χ3v) is 3.26. The minimum atomic E-state index is -0.323. The summed E-state index contributed by atoms with van der Waals surface area (Å²) in [5, 5.41) is 8.90. The van der Waals surface area contributed by atoms with Gasteiger partial charge in [0.25, 0.3) is 5.91 Å². The number of aryl methyl sites for hydroxylation is 1. The molecule has 0 aliphatic heterocycles. The topological polar surface area (TPSA) is 85.8 Å². The number of amides is 1. The van der Waals surface area contributed by atoms with E-state index in [2.05, 4.69) is 15.4 Å². The normalized spacial score (nSPS) is 10.7. The zero-order valence-corrected chi connectivity index (χ0v) is 11.6. The van der Waals surface area contributed by atoms with E-state index in [0.29, 0.717) is 17.9 Å². The number of aromatic nitrogens is 3. The molecule has 1 aromatic carbocycles. The Morgan fingerprint density at radius 2 is 2.24 bits per heavy atom. The number of carbonyl (C=O) groups is 1. The fraction of sp³-hybridized carbons (Fsp3) is 0.133. The maximum Gasteiger partial charge on any atom is 0.278 e. The van der Waals surface area contributed by atoms with Crippen LogP contribution in [0.5, 0.6) is 0 Å². The number of hydrogen-bond donors (Lipinski definition) is 2. The summed E-state index contributed by atoms with van der Waals surface area (Å²) in [7, 11) is 0. The molecule has 3 rings (SSSR count). The standard InChI is InChI=1S/C15H15N5O/c1-2-20-9-12(16)14(19-20)15(21)18-13-5-3-4-10-6-7-17-8-11(10)13/h3-9H,2,16H2,1H3,(H,18,21). The number of fused-ring (bicyclic) bond motifs is 1. The van der Waals surface area contributed by atoms with Gasteiger partial charge in [0.15, 0.2) is 5.69 Å². The summed E-state index contributed by atoms with van der Waals surface area (Å²) in [5.74, 6) is -0.323. The van der Waals surface area contributed by atoms with E-state index in [9.17, 15) is 4.79 Å². The zero-order valence-electron chi connectivity index (χ0n) is 11.6. The molecule has 3 aromatic rings. The highest BCUT2D eigenvalue weighted by Crippen LogP contribution is 2.23. The third kappa shape index (κ3) is 2.43. The number of benzene rings is 1. The van der Waals surface area contributed by atoms with Crippen molar-refractivity contribution in [3.05, 3.63) is 48.5 Å². The average Bonchev–Trinajstić information content (AvgIpc) is 2.89. The van der Waals surface area contributed by atoms with Gasteiger partial charge in [-0.1, -0.05) is 12.1 Å². The monoisotopic (exact) mass is 281 g/mol. The van der Waals surface area contributed by atoms with Gasteiger partial charge >= 0.3 is 0 Å². The second kappa shape index (κ2) is 5.24. The molecule has 2 heterocycles. The minimum Gasteiger partial charge on any atom is -0.396 e. The van der Waals surface area contributed by atoms with E-state index < -0.39 is 0 Å². The Kier molecular flexibility index (Phi) is 3.27. The molecular weight excluding hydrogens is 266 g/mol. The second-order valence-corrected chi connectivity index (χ2v) is 4.65. The molecule has 1 amide bonds. The fourth-order valence-corrected chi connectivity index (χ4v) is 2.18. The van der Waals surface area contributed by atoms with Crippen molar-refractivity contribution >= 4 is 28.1 Å². The summed E-state index contributed by atoms with van der Waals surface area (Å²) >= 11 is 0. The van der Waals surface area contributed by atoms with Crippen LogP contribution in [0.1, 0.15) is 17.4 Å². The van der Waals surface area contributed by atoms with E-state index >= 15 is 0 Å². The number of anilines is 2. The van der Waals surface area contributed by atoms with Gasteiger partial charge in [-0.05, 0) is 24.4 Å². The lowest BCUT2D eigenvalue weighted by atomic mass is 10.1. The molecule has 0 radical (unpaired) electrons. The van der Waals surface area contributed by atoms with Crippen molar-refractivity contribution in [2.45, 2.75) is 13.5 Å². The van der Waals surface area contributed by atoms with Crippen LogP contribution in [0.25, 0.3) is 10.8 Å². The highest BCUT2D eigenvalue weighted by molar-refractivity contribution is 6.10. The lowest BCUT2D eigenvalue weighted by Gasteiger charge is -2.07. The molecule has 0 spiro atoms. The first-order valence-electron chi connectivity index (χ1n) is 6.66. The van der Waals surface area contributed by atoms with Crippen molar-refractivity contribution in [3.63, 3.8) is 0 Å². The number of rotatable bonds is 3. The Hall–Kier alpha value is -2.89. The van der Waals surface area contributed by atoms with Gasteiger partial charge in [-0.3, -0.25) is 14.5 Å². The van der Waals surface area contributed by atoms with Gasteiger partial charge in [0.2, 0.25) is 0 Å². The second-order valence-electron chi connectivity index (χ2n) is 4.65. The molecule has 6 nitrogen and oxygen atoms in total. The summed E-state index contributed by atoms with van der Waals surface area (Å²) in [6.07, 6.45) is 5.09. The largest absolute Gasteiger partial charge is 0.396 e. The van der Waals surface area contributed by atoms with Crippen molar-refractivity contribution in [2.75, 3.05) is 11.1 Å². The van der Waals surface area contributed by atoms with Gasteiger partial charge in [-0.2, -0.15) is 5.10 Å². The lowest BCUT2D eigenvalue weighted by Crippen LogP contribution is -2.15. The fourth-order valence-electron chi connectivity index (χ4n) is 2.18. The Morgan fingerprint density at radius 1 is 1.38 bits per heavy atom. The van der Waals surface area contributed by atoms with E-state index in [1.54, 1.807) is 23.3 Å². The molecule has 0 atom stereocenters. The van der Waals surface area contributed by atoms with Crippen LogP contribution in [0, 0.1) is 0 Å². The van der Waals surface area contributed by atoms with Crippen LogP contribution in [-0.4, -0.2) is 20.7 Å². The average molecular weight is 281 g/mol. The van der Waals surface area contributed by atoms with Crippen molar-refractivity contribution in [3.8, 4) is 0 Å². The van der Waals surface area contributed by atoms with Gasteiger partial charge in [-0.25, -0.2) is 0 Å². The van der Waals surface area contributed by atoms with E-state index in [0.717, 1.165) is 10.8 Å². The highest BCUT2D eigenvalue weighted by Gasteiger charge is 2.15. The number of nitrogens with one attached hydrogen (secondary N) is 1. The molecule has 0 saturated carbocycles. The molecule has 0 fully saturated rings. The molecule has 21 heavy (non-hydrogen) atoms. The number of pyridine rings is 1. The molecule has 0 unspecified atom stereocenters. The maximum atomic E-state index is 12.3. The first kappa shape index (κ1) is 13.1. The minimum absolute atomic E-state index is 0.234. The Balaban J connectivity index is 1.94. The lowest BCUT2D eigenvalue weighted by molar-refractivity contribution is 0.102. The van der Waals surface area contributed by atoms with Crippen molar-refractivity contribution in [1.82, 2.24) is 14.8 Å². The molecule has 0 bridgehead atoms. The highest BCUT2D eigenvalue weighted by atomic mass is 16.2. The van der Waals surface area contributed by atoms with Gasteiger partial charge in [0.05, 0.1) is 11.4 Å². The summed E-state index contributed by atoms with van der Waals surface area (Å²) in [5.41, 5.74) is 7.12. The van der Waals surface area contributed by atoms with E-state index in [4.69, 9.17) is 5.73 Å². The number of nitrogens with two attached hydrogens (primary N) is 1. The van der Waals surface area contributed by atoms with E-state index in [1.807, 2.05) is 31.2 Å². The van der Waals surface area contributed by atoms with Crippen molar-refractivity contribution in [2.24, 2.45) is 0 Å². The number of nitrogens with zero attached hydrogens (tertiary/aromatic N) is 3. The summed E-state index contributed by atoms with van der Waals surface area (Å²) < 4.78 is 1.63. The van der Waals surface area contributed by atoms with Gasteiger partial charge < -0.3 is 11.1 Å². The maximum absolute atomic E-state index is 12.3. The number of nitrogen functional groups attached to an aromatic ring is 1. The van der Waals surface area contributed by atoms with Crippen LogP contribution in [-0.2, 0) is 6.54 Å². The molecule has 6 heteroatoms. The van der Waals surface area contributed by atoms with Crippen LogP contribution < -0.4 is 11.1 Å². The quantitative estimate of drug-likeness (QED) is 0.771. The first-order valence-corrected chi connectivity index (χ1v) is 6.66. The first-order chi connectivity index (χ1) is 10.2. The molecule has 106 valence electrons. The molecule has 2 aromatic heterocycles. The van der Waals surface area contributed by atoms with Crippen molar-refractivity contribution < 1.29 is 4.79 Å². The summed E-state index contributed by atoms with van der Waals surface area (Å²) in [4.78, 5) is 16.4. The molecule has 0 saturated heterocycles. The third-order valence-electron chi connectivity index (χ3n) is 3.26. The number of hydrogen-bond acceptors (Lipinski definition) is 4. The molecule has 3 N–H and O–H groups in total. The summed E-state index contributed by atoms with van der Waals surface area (Å²) in [6.45, 7) is 2.60. The zero-order chi connectivity index (χ0) is 14.8. The Labute approximate surface area is 121 Å². The van der Waals surface area contributed by atoms with Crippen LogP contribution in [0.15, 0.2) is 42.9 Å². The van der Waals surface area contributed by atoms with Gasteiger partial charge in [0.1, 0.15) is 0 Å². The Bertz CT molecular complexity index is 803. The van der Waals surface area contributed by atoms with Gasteiger partial charge in [-0.15, -0.1) is 0 Å². The SMILES string of the molecule is CCn1cc(N)c(C(=O)Nc2cccc3ccncc23)n1. The van der Waals surface area contributed by atoms with Crippen molar-refractivity contribution in [1.29, 1.82) is 0 Å². The smallest absolute Gasteiger partial charge is 0.278 e. The van der Waals surface area contributed by atoms with Crippen LogP contribution >= 0.6 is 0 Å². The van der Waals surface area contributed by atoms with Crippen LogP contribution in [0.3, 0.4) is 0 Å². The Morgan fingerprint density at radius 3 is 3.00 bits per heavy atom. The summed E-state index contributed by atoms with van der Waals surface area (Å²) in [6, 6.07) is 7.57. The van der Waals surface area contributed by atoms with E-state index in [1.165, 1.54) is 0 Å². The van der Waals surface area contributed by atoms with Gasteiger partial charge in [0, 0.05) is 30.5 Å². The molecule has 0 aliphatic rings. The van der Waals surface area contributed by atoms with Crippen LogP contribution in [0.4, 0.5) is 11.4 Å². The molecule has 0 aliphatic carbocycles. The predicted molar refractivity (Wildman–Crippen MR) is 82.0 cm³/mol.